The van der Waals surface area contributed by atoms with Crippen molar-refractivity contribution >= 4 is 49.3 Å². The number of nitrogens with one attached hydrogen (secondary N) is 1. The lowest BCUT2D eigenvalue weighted by Crippen LogP contribution is -2.27. The van der Waals surface area contributed by atoms with Crippen LogP contribution in [0.15, 0.2) is 53.8 Å². The Kier molecular flexibility index (Phi) is 6.35. The highest BCUT2D eigenvalue weighted by Gasteiger charge is 2.13. The number of fused-ring (bicyclic) bond motifs is 3. The predicted octanol–water partition coefficient (Wildman–Crippen LogP) is 4.31. The zero-order chi connectivity index (χ0) is 20.9. The maximum atomic E-state index is 12.3. The van der Waals surface area contributed by atoms with Crippen LogP contribution >= 0.6 is 23.1 Å². The van der Waals surface area contributed by atoms with E-state index in [9.17, 15) is 4.79 Å². The van der Waals surface area contributed by atoms with Crippen molar-refractivity contribution < 1.29 is 14.3 Å². The van der Waals surface area contributed by atoms with Crippen LogP contribution in [0.4, 0.5) is 0 Å². The van der Waals surface area contributed by atoms with Gasteiger partial charge in [0.25, 0.3) is 0 Å². The van der Waals surface area contributed by atoms with Crippen molar-refractivity contribution in [3.05, 3.63) is 54.4 Å². The molecule has 154 valence electrons. The maximum absolute atomic E-state index is 12.3. The molecule has 1 N–H and O–H groups in total. The van der Waals surface area contributed by atoms with Crippen molar-refractivity contribution in [1.29, 1.82) is 0 Å². The third-order valence-corrected chi connectivity index (χ3v) is 6.93. The van der Waals surface area contributed by atoms with Gasteiger partial charge in [0.2, 0.25) is 5.91 Å². The number of rotatable bonds is 8. The molecular weight excluding hydrogens is 418 g/mol. The van der Waals surface area contributed by atoms with Crippen molar-refractivity contribution in [3.63, 3.8) is 0 Å². The van der Waals surface area contributed by atoms with Gasteiger partial charge in [-0.05, 0) is 30.2 Å². The van der Waals surface area contributed by atoms with Crippen LogP contribution in [-0.4, -0.2) is 42.4 Å². The Labute approximate surface area is 182 Å². The minimum atomic E-state index is -0.0200. The van der Waals surface area contributed by atoms with E-state index >= 15 is 0 Å². The number of methoxy groups -OCH3 is 2. The molecule has 0 spiro atoms. The van der Waals surface area contributed by atoms with E-state index < -0.39 is 0 Å². The third-order valence-electron chi connectivity index (χ3n) is 4.65. The Morgan fingerprint density at radius 1 is 1.10 bits per heavy atom. The van der Waals surface area contributed by atoms with Crippen molar-refractivity contribution in [2.24, 2.45) is 0 Å². The van der Waals surface area contributed by atoms with Gasteiger partial charge in [0.1, 0.15) is 11.4 Å². The Bertz CT molecular complexity index is 1190. The summed E-state index contributed by atoms with van der Waals surface area (Å²) in [4.78, 5) is 21.1. The van der Waals surface area contributed by atoms with Crippen LogP contribution in [0.1, 0.15) is 5.56 Å². The predicted molar refractivity (Wildman–Crippen MR) is 122 cm³/mol. The second-order valence-electron chi connectivity index (χ2n) is 6.53. The molecule has 8 heteroatoms. The Hall–Kier alpha value is -2.84. The molecule has 6 nitrogen and oxygen atoms in total. The quantitative estimate of drug-likeness (QED) is 0.326. The first-order valence-corrected chi connectivity index (χ1v) is 11.2. The fraction of sp³-hybridized carbons (Fsp3) is 0.227. The molecule has 0 aliphatic carbocycles. The summed E-state index contributed by atoms with van der Waals surface area (Å²) >= 11 is 3.10. The summed E-state index contributed by atoms with van der Waals surface area (Å²) in [6, 6.07) is 13.9. The molecule has 0 radical (unpaired) electrons. The van der Waals surface area contributed by atoms with E-state index in [0.29, 0.717) is 30.2 Å². The van der Waals surface area contributed by atoms with E-state index in [4.69, 9.17) is 9.47 Å². The standard InChI is InChI=1S/C22H21N3O3S2/c1-27-16-8-7-14(11-17(16)28-2)9-10-23-19(26)12-29-22-21-20(24-13-25-22)15-5-3-4-6-18(15)30-21/h3-8,11,13H,9-10,12H2,1-2H3,(H,23,26). The van der Waals surface area contributed by atoms with Gasteiger partial charge in [0.15, 0.2) is 11.5 Å². The summed E-state index contributed by atoms with van der Waals surface area (Å²) in [5.74, 6) is 1.67. The summed E-state index contributed by atoms with van der Waals surface area (Å²) in [7, 11) is 3.22. The first-order chi connectivity index (χ1) is 14.7. The maximum Gasteiger partial charge on any atom is 0.230 e. The topological polar surface area (TPSA) is 73.3 Å². The zero-order valence-electron chi connectivity index (χ0n) is 16.7. The number of ether oxygens (including phenoxy) is 2. The molecule has 2 heterocycles. The molecule has 0 saturated heterocycles. The zero-order valence-corrected chi connectivity index (χ0v) is 18.3. The Balaban J connectivity index is 1.34. The molecule has 0 aliphatic heterocycles. The first-order valence-electron chi connectivity index (χ1n) is 9.42. The summed E-state index contributed by atoms with van der Waals surface area (Å²) in [6.45, 7) is 0.553. The average Bonchev–Trinajstić information content (AvgIpc) is 3.17. The molecule has 0 saturated carbocycles. The van der Waals surface area contributed by atoms with Gasteiger partial charge in [-0.1, -0.05) is 36.0 Å². The highest BCUT2D eigenvalue weighted by molar-refractivity contribution is 8.00. The van der Waals surface area contributed by atoms with Crippen LogP contribution in [0.25, 0.3) is 20.3 Å². The molecule has 0 atom stereocenters. The van der Waals surface area contributed by atoms with Crippen LogP contribution in [0.3, 0.4) is 0 Å². The number of hydrogen-bond acceptors (Lipinski definition) is 7. The van der Waals surface area contributed by atoms with E-state index in [1.807, 2.05) is 30.3 Å². The molecule has 1 amide bonds. The van der Waals surface area contributed by atoms with Gasteiger partial charge in [-0.2, -0.15) is 0 Å². The molecule has 4 rings (SSSR count). The molecule has 0 aliphatic rings. The second-order valence-corrected chi connectivity index (χ2v) is 8.55. The number of benzene rings is 2. The lowest BCUT2D eigenvalue weighted by molar-refractivity contribution is -0.118. The molecule has 30 heavy (non-hydrogen) atoms. The fourth-order valence-corrected chi connectivity index (χ4v) is 5.23. The van der Waals surface area contributed by atoms with Crippen LogP contribution in [0.2, 0.25) is 0 Å². The van der Waals surface area contributed by atoms with Crippen molar-refractivity contribution in [1.82, 2.24) is 15.3 Å². The second kappa shape index (κ2) is 9.32. The van der Waals surface area contributed by atoms with E-state index in [1.54, 1.807) is 31.9 Å². The number of carbonyl (C=O) groups is 1. The summed E-state index contributed by atoms with van der Waals surface area (Å²) in [6.07, 6.45) is 2.28. The molecule has 0 bridgehead atoms. The van der Waals surface area contributed by atoms with E-state index in [1.165, 1.54) is 16.5 Å². The number of thiophene rings is 1. The van der Waals surface area contributed by atoms with E-state index in [0.717, 1.165) is 26.2 Å². The lowest BCUT2D eigenvalue weighted by atomic mass is 10.1. The summed E-state index contributed by atoms with van der Waals surface area (Å²) in [5.41, 5.74) is 2.02. The minimum Gasteiger partial charge on any atom is -0.493 e. The average molecular weight is 440 g/mol. The fourth-order valence-electron chi connectivity index (χ4n) is 3.17. The smallest absolute Gasteiger partial charge is 0.230 e. The molecule has 0 unspecified atom stereocenters. The largest absolute Gasteiger partial charge is 0.493 e. The first kappa shape index (κ1) is 20.4. The molecule has 4 aromatic rings. The monoisotopic (exact) mass is 439 g/mol. The molecule has 0 fully saturated rings. The molecular formula is C22H21N3O3S2. The normalized spacial score (nSPS) is 11.0. The number of nitrogens with zero attached hydrogens (tertiary/aromatic N) is 2. The van der Waals surface area contributed by atoms with Gasteiger partial charge in [0.05, 0.1) is 30.2 Å². The highest BCUT2D eigenvalue weighted by Crippen LogP contribution is 2.36. The van der Waals surface area contributed by atoms with Gasteiger partial charge >= 0.3 is 0 Å². The third kappa shape index (κ3) is 4.34. The van der Waals surface area contributed by atoms with Gasteiger partial charge < -0.3 is 14.8 Å². The number of aromatic nitrogens is 2. The minimum absolute atomic E-state index is 0.0200. The van der Waals surface area contributed by atoms with Crippen LogP contribution < -0.4 is 14.8 Å². The molecule has 2 aromatic carbocycles. The molecule has 2 aromatic heterocycles. The summed E-state index contributed by atoms with van der Waals surface area (Å²) in [5, 5.41) is 4.94. The number of carbonyl (C=O) groups excluding carboxylic acids is 1. The number of thioether (sulfide) groups is 1. The van der Waals surface area contributed by atoms with Crippen LogP contribution in [0.5, 0.6) is 11.5 Å². The number of hydrogen-bond donors (Lipinski definition) is 1. The van der Waals surface area contributed by atoms with Gasteiger partial charge in [-0.25, -0.2) is 9.97 Å². The van der Waals surface area contributed by atoms with E-state index in [-0.39, 0.29) is 5.91 Å². The number of amides is 1. The van der Waals surface area contributed by atoms with Crippen molar-refractivity contribution in [2.75, 3.05) is 26.5 Å². The van der Waals surface area contributed by atoms with Crippen molar-refractivity contribution in [3.8, 4) is 11.5 Å². The Morgan fingerprint density at radius 2 is 1.93 bits per heavy atom. The SMILES string of the molecule is COc1ccc(CCNC(=O)CSc2ncnc3c2sc2ccccc23)cc1OC. The van der Waals surface area contributed by atoms with Gasteiger partial charge in [-0.3, -0.25) is 4.79 Å². The summed E-state index contributed by atoms with van der Waals surface area (Å²) < 4.78 is 12.8. The van der Waals surface area contributed by atoms with Crippen LogP contribution in [-0.2, 0) is 11.2 Å². The van der Waals surface area contributed by atoms with Gasteiger partial charge in [-0.15, -0.1) is 11.3 Å². The van der Waals surface area contributed by atoms with Crippen LogP contribution in [0, 0.1) is 0 Å². The Morgan fingerprint density at radius 3 is 2.77 bits per heavy atom. The van der Waals surface area contributed by atoms with Crippen molar-refractivity contribution in [2.45, 2.75) is 11.4 Å². The van der Waals surface area contributed by atoms with E-state index in [2.05, 4.69) is 27.4 Å². The van der Waals surface area contributed by atoms with Gasteiger partial charge in [0, 0.05) is 16.6 Å². The lowest BCUT2D eigenvalue weighted by Gasteiger charge is -2.10. The highest BCUT2D eigenvalue weighted by atomic mass is 32.2.